The van der Waals surface area contributed by atoms with Crippen LogP contribution in [0.3, 0.4) is 0 Å². The summed E-state index contributed by atoms with van der Waals surface area (Å²) < 4.78 is 0. The average Bonchev–Trinajstić information content (AvgIpc) is 2.01. The highest BCUT2D eigenvalue weighted by Crippen LogP contribution is 2.15. The first-order valence-corrected chi connectivity index (χ1v) is 5.06. The molecule has 0 bridgehead atoms. The van der Waals surface area contributed by atoms with Gasteiger partial charge in [0.2, 0.25) is 0 Å². The zero-order chi connectivity index (χ0) is 8.97. The molecule has 12 heavy (non-hydrogen) atoms. The number of thioether (sulfide) groups is 1. The van der Waals surface area contributed by atoms with E-state index in [1.54, 1.807) is 0 Å². The summed E-state index contributed by atoms with van der Waals surface area (Å²) in [6.45, 7) is 4.36. The van der Waals surface area contributed by atoms with Crippen molar-refractivity contribution in [2.45, 2.75) is 24.9 Å². The molecule has 1 aromatic heterocycles. The first kappa shape index (κ1) is 9.39. The Labute approximate surface area is 77.6 Å². The second-order valence-electron chi connectivity index (χ2n) is 2.91. The molecule has 1 heterocycles. The van der Waals surface area contributed by atoms with Gasteiger partial charge in [-0.2, -0.15) is 11.8 Å². The highest BCUT2D eigenvalue weighted by atomic mass is 32.2. The summed E-state index contributed by atoms with van der Waals surface area (Å²) in [5.74, 6) is 1.56. The Hall–Kier alpha value is -0.700. The normalized spacial score (nSPS) is 10.6. The van der Waals surface area contributed by atoms with Crippen molar-refractivity contribution in [3.05, 3.63) is 23.9 Å². The second kappa shape index (κ2) is 4.36. The first-order valence-electron chi connectivity index (χ1n) is 4.01. The number of hydrogen-bond donors (Lipinski definition) is 1. The molecule has 0 aliphatic heterocycles. The van der Waals surface area contributed by atoms with E-state index in [1.165, 1.54) is 0 Å². The van der Waals surface area contributed by atoms with Gasteiger partial charge in [0.15, 0.2) is 0 Å². The van der Waals surface area contributed by atoms with Crippen molar-refractivity contribution in [3.8, 4) is 0 Å². The van der Waals surface area contributed by atoms with Gasteiger partial charge in [-0.25, -0.2) is 4.98 Å². The number of nitrogens with two attached hydrogens (primary N) is 1. The Morgan fingerprint density at radius 3 is 2.83 bits per heavy atom. The molecule has 0 fully saturated rings. The van der Waals surface area contributed by atoms with Crippen LogP contribution in [-0.4, -0.2) is 10.2 Å². The molecule has 1 aromatic rings. The van der Waals surface area contributed by atoms with Crippen LogP contribution in [0.1, 0.15) is 19.5 Å². The van der Waals surface area contributed by atoms with Gasteiger partial charge in [-0.3, -0.25) is 0 Å². The highest BCUT2D eigenvalue weighted by molar-refractivity contribution is 7.99. The van der Waals surface area contributed by atoms with Gasteiger partial charge >= 0.3 is 0 Å². The lowest BCUT2D eigenvalue weighted by Crippen LogP contribution is -1.95. The van der Waals surface area contributed by atoms with E-state index in [2.05, 4.69) is 18.8 Å². The minimum Gasteiger partial charge on any atom is -0.384 e. The van der Waals surface area contributed by atoms with Crippen LogP contribution in [-0.2, 0) is 5.75 Å². The highest BCUT2D eigenvalue weighted by Gasteiger charge is 1.97. The third-order valence-corrected chi connectivity index (χ3v) is 2.52. The molecule has 3 heteroatoms. The Morgan fingerprint density at radius 2 is 2.25 bits per heavy atom. The van der Waals surface area contributed by atoms with Crippen LogP contribution in [0.15, 0.2) is 18.2 Å². The van der Waals surface area contributed by atoms with Gasteiger partial charge in [0.05, 0.1) is 5.69 Å². The first-order chi connectivity index (χ1) is 5.68. The van der Waals surface area contributed by atoms with E-state index in [-0.39, 0.29) is 0 Å². The molecule has 66 valence electrons. The molecule has 0 saturated heterocycles. The van der Waals surface area contributed by atoms with Gasteiger partial charge in [0.1, 0.15) is 5.82 Å². The molecule has 0 saturated carbocycles. The Balaban J connectivity index is 2.52. The lowest BCUT2D eigenvalue weighted by atomic mass is 10.4. The van der Waals surface area contributed by atoms with Crippen molar-refractivity contribution in [2.24, 2.45) is 0 Å². The minimum atomic E-state index is 0.608. The fourth-order valence-corrected chi connectivity index (χ4v) is 1.50. The van der Waals surface area contributed by atoms with Crippen LogP contribution < -0.4 is 5.73 Å². The monoisotopic (exact) mass is 182 g/mol. The lowest BCUT2D eigenvalue weighted by Gasteiger charge is -2.03. The molecular formula is C9H14N2S. The number of hydrogen-bond acceptors (Lipinski definition) is 3. The molecular weight excluding hydrogens is 168 g/mol. The van der Waals surface area contributed by atoms with Gasteiger partial charge in [-0.15, -0.1) is 0 Å². The molecule has 0 aromatic carbocycles. The molecule has 0 aliphatic rings. The molecule has 0 spiro atoms. The number of nitrogens with zero attached hydrogens (tertiary/aromatic N) is 1. The Morgan fingerprint density at radius 1 is 1.50 bits per heavy atom. The average molecular weight is 182 g/mol. The molecule has 2 N–H and O–H groups in total. The molecule has 0 aliphatic carbocycles. The van der Waals surface area contributed by atoms with Gasteiger partial charge in [0.25, 0.3) is 0 Å². The third kappa shape index (κ3) is 3.13. The standard InChI is InChI=1S/C9H14N2S/c1-7(2)12-6-8-4-3-5-9(10)11-8/h3-5,7H,6H2,1-2H3,(H2,10,11). The molecule has 0 unspecified atom stereocenters. The third-order valence-electron chi connectivity index (χ3n) is 1.39. The van der Waals surface area contributed by atoms with Gasteiger partial charge in [-0.1, -0.05) is 19.9 Å². The van der Waals surface area contributed by atoms with Crippen molar-refractivity contribution < 1.29 is 0 Å². The predicted molar refractivity (Wildman–Crippen MR) is 55.1 cm³/mol. The number of aromatic nitrogens is 1. The summed E-state index contributed by atoms with van der Waals surface area (Å²) in [6.07, 6.45) is 0. The molecule has 2 nitrogen and oxygen atoms in total. The topological polar surface area (TPSA) is 38.9 Å². The predicted octanol–water partition coefficient (Wildman–Crippen LogP) is 2.31. The molecule has 0 atom stereocenters. The van der Waals surface area contributed by atoms with E-state index in [4.69, 9.17) is 5.73 Å². The zero-order valence-electron chi connectivity index (χ0n) is 7.45. The van der Waals surface area contributed by atoms with Crippen molar-refractivity contribution in [1.29, 1.82) is 0 Å². The van der Waals surface area contributed by atoms with E-state index in [0.717, 1.165) is 11.4 Å². The number of rotatable bonds is 3. The summed E-state index contributed by atoms with van der Waals surface area (Å²) in [7, 11) is 0. The van der Waals surface area contributed by atoms with Crippen molar-refractivity contribution in [1.82, 2.24) is 4.98 Å². The smallest absolute Gasteiger partial charge is 0.123 e. The zero-order valence-corrected chi connectivity index (χ0v) is 8.27. The Bertz CT molecular complexity index is 248. The van der Waals surface area contributed by atoms with E-state index >= 15 is 0 Å². The SMILES string of the molecule is CC(C)SCc1cccc(N)n1. The van der Waals surface area contributed by atoms with Crippen LogP contribution >= 0.6 is 11.8 Å². The lowest BCUT2D eigenvalue weighted by molar-refractivity contribution is 1.10. The van der Waals surface area contributed by atoms with Gasteiger partial charge < -0.3 is 5.73 Å². The van der Waals surface area contributed by atoms with E-state index < -0.39 is 0 Å². The van der Waals surface area contributed by atoms with E-state index in [1.807, 2.05) is 30.0 Å². The van der Waals surface area contributed by atoms with E-state index in [0.29, 0.717) is 11.1 Å². The molecule has 1 rings (SSSR count). The van der Waals surface area contributed by atoms with Crippen LogP contribution in [0.2, 0.25) is 0 Å². The fourth-order valence-electron chi connectivity index (χ4n) is 0.831. The van der Waals surface area contributed by atoms with Crippen LogP contribution in [0.4, 0.5) is 5.82 Å². The Kier molecular flexibility index (Phi) is 3.41. The van der Waals surface area contributed by atoms with Crippen molar-refractivity contribution in [3.63, 3.8) is 0 Å². The second-order valence-corrected chi connectivity index (χ2v) is 4.48. The number of pyridine rings is 1. The quantitative estimate of drug-likeness (QED) is 0.779. The van der Waals surface area contributed by atoms with Gasteiger partial charge in [-0.05, 0) is 17.4 Å². The maximum Gasteiger partial charge on any atom is 0.123 e. The number of anilines is 1. The van der Waals surface area contributed by atoms with Crippen molar-refractivity contribution in [2.75, 3.05) is 5.73 Å². The largest absolute Gasteiger partial charge is 0.384 e. The minimum absolute atomic E-state index is 0.608. The van der Waals surface area contributed by atoms with Gasteiger partial charge in [0, 0.05) is 5.75 Å². The van der Waals surface area contributed by atoms with Crippen molar-refractivity contribution >= 4 is 17.6 Å². The van der Waals surface area contributed by atoms with E-state index in [9.17, 15) is 0 Å². The van der Waals surface area contributed by atoms with Crippen LogP contribution in [0, 0.1) is 0 Å². The summed E-state index contributed by atoms with van der Waals surface area (Å²) in [5.41, 5.74) is 6.61. The maximum atomic E-state index is 5.54. The molecule has 0 radical (unpaired) electrons. The number of nitrogen functional groups attached to an aromatic ring is 1. The summed E-state index contributed by atoms with van der Waals surface area (Å²) in [4.78, 5) is 4.20. The summed E-state index contributed by atoms with van der Waals surface area (Å²) in [6, 6.07) is 5.76. The fraction of sp³-hybridized carbons (Fsp3) is 0.444. The summed E-state index contributed by atoms with van der Waals surface area (Å²) in [5, 5.41) is 0.647. The van der Waals surface area contributed by atoms with Crippen LogP contribution in [0.25, 0.3) is 0 Å². The van der Waals surface area contributed by atoms with Crippen LogP contribution in [0.5, 0.6) is 0 Å². The summed E-state index contributed by atoms with van der Waals surface area (Å²) >= 11 is 1.87. The maximum absolute atomic E-state index is 5.54. The molecule has 0 amide bonds.